The smallest absolute Gasteiger partial charge is 0.196 e. The van der Waals surface area contributed by atoms with Crippen molar-refractivity contribution in [1.82, 2.24) is 30.6 Å². The number of aliphatic imine (C=N–C) groups is 2. The lowest BCUT2D eigenvalue weighted by Crippen LogP contribution is -2.32. The van der Waals surface area contributed by atoms with Crippen LogP contribution in [0, 0.1) is 0 Å². The van der Waals surface area contributed by atoms with E-state index in [2.05, 4.69) is 51.2 Å². The van der Waals surface area contributed by atoms with Crippen molar-refractivity contribution in [2.24, 2.45) is 32.9 Å². The minimum absolute atomic E-state index is 0.234. The van der Waals surface area contributed by atoms with Gasteiger partial charge in [-0.3, -0.25) is 0 Å². The monoisotopic (exact) mass is 588 g/mol. The minimum Gasteiger partial charge on any atom is -0.378 e. The molecule has 0 fully saturated rings. The van der Waals surface area contributed by atoms with Gasteiger partial charge in [0.05, 0.1) is 76.6 Å². The summed E-state index contributed by atoms with van der Waals surface area (Å²) in [4.78, 5) is 25.7. The molecule has 0 radical (unpaired) electrons. The van der Waals surface area contributed by atoms with E-state index >= 15 is 0 Å². The maximum absolute atomic E-state index is 5.95. The second-order valence-electron chi connectivity index (χ2n) is 9.16. The minimum atomic E-state index is -0.617. The summed E-state index contributed by atoms with van der Waals surface area (Å²) >= 11 is 0. The number of nitrogens with two attached hydrogens (primary N) is 4. The molecule has 4 rings (SSSR count). The van der Waals surface area contributed by atoms with Crippen LogP contribution >= 0.6 is 0 Å². The number of aromatic nitrogens is 4. The molecule has 2 unspecified atom stereocenters. The van der Waals surface area contributed by atoms with Gasteiger partial charge >= 0.3 is 0 Å². The largest absolute Gasteiger partial charge is 0.378 e. The van der Waals surface area contributed by atoms with Gasteiger partial charge < -0.3 is 63.1 Å². The van der Waals surface area contributed by atoms with E-state index in [1.165, 1.54) is 0 Å². The number of nitrogens with zero attached hydrogens (tertiary/aromatic N) is 6. The summed E-state index contributed by atoms with van der Waals surface area (Å²) in [7, 11) is 0. The van der Waals surface area contributed by atoms with Crippen molar-refractivity contribution < 1.29 is 18.9 Å². The van der Waals surface area contributed by atoms with Crippen LogP contribution in [-0.4, -0.2) is 97.8 Å². The van der Waals surface area contributed by atoms with Crippen LogP contribution in [0.1, 0.15) is 35.1 Å². The number of fused-ring (bicyclic) bond motifs is 2. The average Bonchev–Trinajstić information content (AvgIpc) is 2.97. The zero-order valence-corrected chi connectivity index (χ0v) is 23.4. The molecule has 42 heavy (non-hydrogen) atoms. The van der Waals surface area contributed by atoms with E-state index in [9.17, 15) is 0 Å². The SMILES string of the molecule is NC1=NC(N)c2nc(CNCCOCCOCCOCCOCCNCc3cnc4c(n3)C(N)N=C(N)N4)cnc2N1. The molecule has 0 spiro atoms. The summed E-state index contributed by atoms with van der Waals surface area (Å²) in [5.41, 5.74) is 25.9. The highest BCUT2D eigenvalue weighted by Gasteiger charge is 2.21. The van der Waals surface area contributed by atoms with Crippen molar-refractivity contribution in [2.45, 2.75) is 25.4 Å². The number of hydrogen-bond acceptors (Lipinski definition) is 18. The molecule has 0 amide bonds. The lowest BCUT2D eigenvalue weighted by atomic mass is 10.3. The maximum atomic E-state index is 5.95. The summed E-state index contributed by atoms with van der Waals surface area (Å²) in [6.07, 6.45) is 2.10. The Labute approximate surface area is 243 Å². The first-order valence-electron chi connectivity index (χ1n) is 13.7. The van der Waals surface area contributed by atoms with Crippen LogP contribution in [0.15, 0.2) is 22.4 Å². The molecule has 2 atom stereocenters. The van der Waals surface area contributed by atoms with Crippen LogP contribution in [0.5, 0.6) is 0 Å². The predicted molar refractivity (Wildman–Crippen MR) is 155 cm³/mol. The Morgan fingerprint density at radius 3 is 1.40 bits per heavy atom. The van der Waals surface area contributed by atoms with Gasteiger partial charge in [0.1, 0.15) is 23.7 Å². The molecule has 0 aliphatic carbocycles. The Bertz CT molecular complexity index is 1110. The Morgan fingerprint density at radius 1 is 0.619 bits per heavy atom. The number of guanidine groups is 2. The van der Waals surface area contributed by atoms with E-state index in [-0.39, 0.29) is 11.9 Å². The second kappa shape index (κ2) is 16.7. The van der Waals surface area contributed by atoms with Crippen molar-refractivity contribution in [2.75, 3.05) is 76.6 Å². The molecule has 2 aliphatic heterocycles. The number of hydrogen-bond donors (Lipinski definition) is 8. The highest BCUT2D eigenvalue weighted by Crippen LogP contribution is 2.22. The average molecular weight is 589 g/mol. The molecule has 0 bridgehead atoms. The quantitative estimate of drug-likeness (QED) is 0.0795. The van der Waals surface area contributed by atoms with Gasteiger partial charge in [-0.2, -0.15) is 0 Å². The van der Waals surface area contributed by atoms with Crippen LogP contribution in [-0.2, 0) is 32.0 Å². The summed E-state index contributed by atoms with van der Waals surface area (Å²) in [5, 5.41) is 12.2. The lowest BCUT2D eigenvalue weighted by Gasteiger charge is -2.19. The van der Waals surface area contributed by atoms with E-state index < -0.39 is 12.3 Å². The Kier molecular flexibility index (Phi) is 12.5. The van der Waals surface area contributed by atoms with Crippen molar-refractivity contribution in [3.05, 3.63) is 35.2 Å². The first kappa shape index (κ1) is 31.3. The fraction of sp³-hybridized carbons (Fsp3) is 0.583. The normalized spacial score (nSPS) is 17.5. The summed E-state index contributed by atoms with van der Waals surface area (Å²) in [6, 6.07) is 0. The van der Waals surface area contributed by atoms with Crippen LogP contribution in [0.25, 0.3) is 0 Å². The number of rotatable bonds is 19. The van der Waals surface area contributed by atoms with E-state index in [0.29, 0.717) is 102 Å². The van der Waals surface area contributed by atoms with E-state index in [4.69, 9.17) is 41.9 Å². The van der Waals surface area contributed by atoms with Crippen molar-refractivity contribution in [1.29, 1.82) is 0 Å². The molecule has 12 N–H and O–H groups in total. The summed E-state index contributed by atoms with van der Waals surface area (Å²) < 4.78 is 22.2. The molecular weight excluding hydrogens is 548 g/mol. The van der Waals surface area contributed by atoms with Gasteiger partial charge in [0.25, 0.3) is 0 Å². The Morgan fingerprint density at radius 2 is 1.00 bits per heavy atom. The third kappa shape index (κ3) is 10.0. The molecule has 2 aromatic heterocycles. The van der Waals surface area contributed by atoms with Gasteiger partial charge in [0.2, 0.25) is 0 Å². The highest BCUT2D eigenvalue weighted by atomic mass is 16.6. The van der Waals surface area contributed by atoms with Crippen molar-refractivity contribution >= 4 is 23.6 Å². The lowest BCUT2D eigenvalue weighted by molar-refractivity contribution is -0.00113. The van der Waals surface area contributed by atoms with Crippen molar-refractivity contribution in [3.8, 4) is 0 Å². The van der Waals surface area contributed by atoms with Crippen molar-refractivity contribution in [3.63, 3.8) is 0 Å². The van der Waals surface area contributed by atoms with Crippen LogP contribution < -0.4 is 44.2 Å². The van der Waals surface area contributed by atoms with Gasteiger partial charge in [-0.15, -0.1) is 0 Å². The molecule has 0 aromatic carbocycles. The fourth-order valence-electron chi connectivity index (χ4n) is 3.87. The van der Waals surface area contributed by atoms with E-state index in [1.54, 1.807) is 12.4 Å². The third-order valence-corrected chi connectivity index (χ3v) is 5.88. The molecule has 4 heterocycles. The molecular formula is C24H40N14O4. The maximum Gasteiger partial charge on any atom is 0.196 e. The van der Waals surface area contributed by atoms with Crippen LogP contribution in [0.4, 0.5) is 11.6 Å². The van der Waals surface area contributed by atoms with Gasteiger partial charge in [0, 0.05) is 26.2 Å². The second-order valence-corrected chi connectivity index (χ2v) is 9.16. The number of anilines is 2. The molecule has 2 aromatic rings. The van der Waals surface area contributed by atoms with Gasteiger partial charge in [-0.25, -0.2) is 29.9 Å². The predicted octanol–water partition coefficient (Wildman–Crippen LogP) is -2.39. The van der Waals surface area contributed by atoms with E-state index in [0.717, 1.165) is 11.4 Å². The molecule has 18 heteroatoms. The van der Waals surface area contributed by atoms with Gasteiger partial charge in [-0.1, -0.05) is 0 Å². The molecule has 2 aliphatic rings. The first-order valence-corrected chi connectivity index (χ1v) is 13.7. The Hall–Kier alpha value is -3.62. The van der Waals surface area contributed by atoms with Crippen LogP contribution in [0.3, 0.4) is 0 Å². The zero-order chi connectivity index (χ0) is 29.6. The standard InChI is InChI=1S/C24H40N14O4/c25-19-17-21(37-23(27)35-19)31-13-15(33-17)11-29-1-3-39-5-7-41-9-10-42-8-6-40-4-2-30-12-16-14-32-22-18(34-16)20(26)36-24(28)38-22/h13-14,19-20,29-30H,1-12,25-26H2,(H3,27,31,35,37)(H3,28,32,36,38). The molecule has 18 nitrogen and oxygen atoms in total. The Balaban J connectivity index is 0.898. The third-order valence-electron chi connectivity index (χ3n) is 5.88. The molecule has 230 valence electrons. The van der Waals surface area contributed by atoms with E-state index in [1.807, 2.05) is 0 Å². The summed E-state index contributed by atoms with van der Waals surface area (Å²) in [6.45, 7) is 6.45. The molecule has 0 saturated heterocycles. The molecule has 0 saturated carbocycles. The number of ether oxygens (including phenoxy) is 4. The van der Waals surface area contributed by atoms with Crippen LogP contribution in [0.2, 0.25) is 0 Å². The van der Waals surface area contributed by atoms with Gasteiger partial charge in [-0.05, 0) is 0 Å². The fourth-order valence-corrected chi connectivity index (χ4v) is 3.87. The van der Waals surface area contributed by atoms with Gasteiger partial charge in [0.15, 0.2) is 23.6 Å². The highest BCUT2D eigenvalue weighted by molar-refractivity contribution is 5.94. The first-order chi connectivity index (χ1) is 20.5. The summed E-state index contributed by atoms with van der Waals surface area (Å²) in [5.74, 6) is 1.54. The zero-order valence-electron chi connectivity index (χ0n) is 23.4. The topological polar surface area (TPSA) is 265 Å². The number of nitrogens with one attached hydrogen (secondary N) is 4.